The van der Waals surface area contributed by atoms with Gasteiger partial charge in [-0.05, 0) is 43.2 Å². The van der Waals surface area contributed by atoms with Gasteiger partial charge < -0.3 is 0 Å². The molecule has 0 fully saturated rings. The van der Waals surface area contributed by atoms with Crippen molar-refractivity contribution in [3.8, 4) is 0 Å². The van der Waals surface area contributed by atoms with Crippen LogP contribution in [0.1, 0.15) is 18.1 Å². The Morgan fingerprint density at radius 1 is 1.08 bits per heavy atom. The first-order chi connectivity index (χ1) is 11.4. The van der Waals surface area contributed by atoms with E-state index in [0.29, 0.717) is 5.69 Å². The van der Waals surface area contributed by atoms with Crippen molar-refractivity contribution in [3.63, 3.8) is 0 Å². The third kappa shape index (κ3) is 3.93. The summed E-state index contributed by atoms with van der Waals surface area (Å²) < 4.78 is 27.0. The second kappa shape index (κ2) is 7.46. The number of hydrogen-bond donors (Lipinski definition) is 2. The number of anilines is 1. The average Bonchev–Trinajstić information content (AvgIpc) is 2.59. The van der Waals surface area contributed by atoms with Gasteiger partial charge >= 0.3 is 0 Å². The van der Waals surface area contributed by atoms with Gasteiger partial charge in [0.15, 0.2) is 0 Å². The predicted molar refractivity (Wildman–Crippen MR) is 93.9 cm³/mol. The van der Waals surface area contributed by atoms with E-state index in [1.54, 1.807) is 24.3 Å². The third-order valence-corrected chi connectivity index (χ3v) is 5.48. The van der Waals surface area contributed by atoms with Crippen molar-refractivity contribution in [2.75, 3.05) is 10.8 Å². The minimum Gasteiger partial charge on any atom is -0.293 e. The van der Waals surface area contributed by atoms with Gasteiger partial charge in [-0.3, -0.25) is 14.5 Å². The predicted octanol–water partition coefficient (Wildman–Crippen LogP) is 1.74. The maximum atomic E-state index is 13.0. The fourth-order valence-electron chi connectivity index (χ4n) is 2.23. The van der Waals surface area contributed by atoms with Crippen LogP contribution in [-0.4, -0.2) is 20.9 Å². The lowest BCUT2D eigenvalue weighted by molar-refractivity contribution is -0.119. The summed E-state index contributed by atoms with van der Waals surface area (Å²) in [7, 11) is -3.88. The first-order valence-corrected chi connectivity index (χ1v) is 9.00. The summed E-state index contributed by atoms with van der Waals surface area (Å²) in [6, 6.07) is 13.5. The topological polar surface area (TPSA) is 92.5 Å². The van der Waals surface area contributed by atoms with Crippen LogP contribution < -0.4 is 15.6 Å². The van der Waals surface area contributed by atoms with E-state index in [9.17, 15) is 13.2 Å². The van der Waals surface area contributed by atoms with Crippen LogP contribution in [0.4, 0.5) is 5.69 Å². The minimum atomic E-state index is -3.88. The van der Waals surface area contributed by atoms with Gasteiger partial charge in [0.25, 0.3) is 15.9 Å². The molecule has 24 heavy (non-hydrogen) atoms. The molecule has 0 unspecified atom stereocenters. The molecule has 0 bridgehead atoms. The van der Waals surface area contributed by atoms with Gasteiger partial charge in [0.2, 0.25) is 0 Å². The summed E-state index contributed by atoms with van der Waals surface area (Å²) in [6.45, 7) is 3.50. The SMILES string of the molecule is CCc1ccc(N(CC(=O)NN)S(=O)(=O)c2ccc(C)cc2)cc1. The number of amides is 1. The molecular weight excluding hydrogens is 326 g/mol. The number of carbonyl (C=O) groups is 1. The van der Waals surface area contributed by atoms with Crippen molar-refractivity contribution < 1.29 is 13.2 Å². The number of nitrogens with one attached hydrogen (secondary N) is 1. The maximum absolute atomic E-state index is 13.0. The van der Waals surface area contributed by atoms with Crippen molar-refractivity contribution in [2.45, 2.75) is 25.2 Å². The minimum absolute atomic E-state index is 0.123. The Bertz CT molecular complexity index is 800. The molecule has 7 heteroatoms. The van der Waals surface area contributed by atoms with Gasteiger partial charge in [0.1, 0.15) is 6.54 Å². The normalized spacial score (nSPS) is 11.1. The quantitative estimate of drug-likeness (QED) is 0.473. The van der Waals surface area contributed by atoms with Crippen molar-refractivity contribution in [1.82, 2.24) is 5.43 Å². The number of benzene rings is 2. The van der Waals surface area contributed by atoms with Gasteiger partial charge in [-0.15, -0.1) is 0 Å². The van der Waals surface area contributed by atoms with Crippen LogP contribution in [0.3, 0.4) is 0 Å². The van der Waals surface area contributed by atoms with E-state index in [1.807, 2.05) is 31.4 Å². The van der Waals surface area contributed by atoms with E-state index < -0.39 is 22.5 Å². The summed E-state index contributed by atoms with van der Waals surface area (Å²) in [5.74, 6) is 4.53. The van der Waals surface area contributed by atoms with Crippen LogP contribution >= 0.6 is 0 Å². The third-order valence-electron chi connectivity index (χ3n) is 3.69. The molecule has 0 heterocycles. The summed E-state index contributed by atoms with van der Waals surface area (Å²) in [4.78, 5) is 11.8. The Hall–Kier alpha value is -2.38. The summed E-state index contributed by atoms with van der Waals surface area (Å²) in [5.41, 5.74) is 4.42. The molecule has 1 amide bonds. The molecule has 3 N–H and O–H groups in total. The van der Waals surface area contributed by atoms with E-state index in [2.05, 4.69) is 0 Å². The van der Waals surface area contributed by atoms with E-state index in [0.717, 1.165) is 21.9 Å². The Morgan fingerprint density at radius 2 is 1.67 bits per heavy atom. The van der Waals surface area contributed by atoms with Gasteiger partial charge in [-0.2, -0.15) is 0 Å². The van der Waals surface area contributed by atoms with Crippen LogP contribution in [0.15, 0.2) is 53.4 Å². The molecule has 6 nitrogen and oxygen atoms in total. The standard InChI is InChI=1S/C17H21N3O3S/c1-3-14-6-8-15(9-7-14)20(12-17(21)19-18)24(22,23)16-10-4-13(2)5-11-16/h4-11H,3,12,18H2,1-2H3,(H,19,21). The molecule has 0 aliphatic carbocycles. The van der Waals surface area contributed by atoms with Crippen LogP contribution in [0.5, 0.6) is 0 Å². The average molecular weight is 347 g/mol. The second-order valence-electron chi connectivity index (χ2n) is 5.41. The van der Waals surface area contributed by atoms with Crippen molar-refractivity contribution in [3.05, 3.63) is 59.7 Å². The zero-order chi connectivity index (χ0) is 17.7. The molecule has 0 saturated carbocycles. The van der Waals surface area contributed by atoms with Gasteiger partial charge in [-0.1, -0.05) is 36.8 Å². The number of rotatable bonds is 6. The molecule has 0 aliphatic rings. The van der Waals surface area contributed by atoms with Crippen LogP contribution in [0.25, 0.3) is 0 Å². The van der Waals surface area contributed by atoms with E-state index >= 15 is 0 Å². The largest absolute Gasteiger partial charge is 0.293 e. The molecule has 0 radical (unpaired) electrons. The van der Waals surface area contributed by atoms with Crippen molar-refractivity contribution in [1.29, 1.82) is 0 Å². The van der Waals surface area contributed by atoms with Gasteiger partial charge in [0.05, 0.1) is 10.6 Å². The van der Waals surface area contributed by atoms with Crippen LogP contribution in [-0.2, 0) is 21.2 Å². The molecule has 0 aliphatic heterocycles. The maximum Gasteiger partial charge on any atom is 0.264 e. The molecule has 2 rings (SSSR count). The highest BCUT2D eigenvalue weighted by Crippen LogP contribution is 2.24. The number of aryl methyl sites for hydroxylation is 2. The first-order valence-electron chi connectivity index (χ1n) is 7.56. The van der Waals surface area contributed by atoms with Crippen LogP contribution in [0, 0.1) is 6.92 Å². The smallest absolute Gasteiger partial charge is 0.264 e. The Kier molecular flexibility index (Phi) is 5.58. The molecule has 0 aromatic heterocycles. The number of nitrogens with zero attached hydrogens (tertiary/aromatic N) is 1. The summed E-state index contributed by atoms with van der Waals surface area (Å²) in [6.07, 6.45) is 0.842. The molecule has 0 spiro atoms. The Morgan fingerprint density at radius 3 is 2.17 bits per heavy atom. The number of sulfonamides is 1. The van der Waals surface area contributed by atoms with Gasteiger partial charge in [0, 0.05) is 0 Å². The Labute approximate surface area is 142 Å². The molecular formula is C17H21N3O3S. The Balaban J connectivity index is 2.47. The first kappa shape index (κ1) is 18.0. The highest BCUT2D eigenvalue weighted by atomic mass is 32.2. The monoisotopic (exact) mass is 347 g/mol. The zero-order valence-corrected chi connectivity index (χ0v) is 14.5. The number of nitrogens with two attached hydrogens (primary N) is 1. The van der Waals surface area contributed by atoms with E-state index in [1.165, 1.54) is 12.1 Å². The van der Waals surface area contributed by atoms with Crippen LogP contribution in [0.2, 0.25) is 0 Å². The molecule has 0 atom stereocenters. The molecule has 0 saturated heterocycles. The van der Waals surface area contributed by atoms with Gasteiger partial charge in [-0.25, -0.2) is 14.3 Å². The van der Waals surface area contributed by atoms with Crippen molar-refractivity contribution in [2.24, 2.45) is 5.84 Å². The lowest BCUT2D eigenvalue weighted by atomic mass is 10.1. The summed E-state index contributed by atoms with van der Waals surface area (Å²) in [5, 5.41) is 0. The van der Waals surface area contributed by atoms with Crippen molar-refractivity contribution >= 4 is 21.6 Å². The van der Waals surface area contributed by atoms with E-state index in [4.69, 9.17) is 5.84 Å². The summed E-state index contributed by atoms with van der Waals surface area (Å²) >= 11 is 0. The fraction of sp³-hybridized carbons (Fsp3) is 0.235. The van der Waals surface area contributed by atoms with E-state index in [-0.39, 0.29) is 4.90 Å². The number of hydrazine groups is 1. The molecule has 128 valence electrons. The second-order valence-corrected chi connectivity index (χ2v) is 7.27. The fourth-order valence-corrected chi connectivity index (χ4v) is 3.65. The zero-order valence-electron chi connectivity index (χ0n) is 13.7. The highest BCUT2D eigenvalue weighted by Gasteiger charge is 2.26. The molecule has 2 aromatic rings. The number of hydrogen-bond acceptors (Lipinski definition) is 4. The lowest BCUT2D eigenvalue weighted by Crippen LogP contribution is -2.43. The highest BCUT2D eigenvalue weighted by molar-refractivity contribution is 7.92. The molecule has 2 aromatic carbocycles. The lowest BCUT2D eigenvalue weighted by Gasteiger charge is -2.24. The number of carbonyl (C=O) groups excluding carboxylic acids is 1.